The topological polar surface area (TPSA) is 50.9 Å². The van der Waals surface area contributed by atoms with Gasteiger partial charge in [0.15, 0.2) is 0 Å². The van der Waals surface area contributed by atoms with Crippen LogP contribution >= 0.6 is 0 Å². The molecule has 1 unspecified atom stereocenters. The Kier molecular flexibility index (Phi) is 3.81. The first kappa shape index (κ1) is 13.5. The minimum atomic E-state index is -0.250. The van der Waals surface area contributed by atoms with Crippen LogP contribution in [-0.2, 0) is 0 Å². The summed E-state index contributed by atoms with van der Waals surface area (Å²) in [4.78, 5) is 4.17. The standard InChI is InChI=1S/C15H18FN3/c1-9-6-13(15(17)19-8-9)14(18-3)12-7-11(16)5-4-10(12)2/h4-8,14,18H,1-3H3,(H2,17,19). The van der Waals surface area contributed by atoms with Gasteiger partial charge in [0.1, 0.15) is 11.6 Å². The quantitative estimate of drug-likeness (QED) is 0.891. The molecule has 0 saturated carbocycles. The van der Waals surface area contributed by atoms with Crippen molar-refractivity contribution in [1.82, 2.24) is 10.3 Å². The maximum Gasteiger partial charge on any atom is 0.128 e. The van der Waals surface area contributed by atoms with Crippen LogP contribution < -0.4 is 11.1 Å². The first-order chi connectivity index (χ1) is 9.02. The number of pyridine rings is 1. The Bertz CT molecular complexity index is 544. The molecule has 0 fully saturated rings. The minimum Gasteiger partial charge on any atom is -0.383 e. The molecule has 100 valence electrons. The number of halogens is 1. The Hall–Kier alpha value is -1.94. The summed E-state index contributed by atoms with van der Waals surface area (Å²) >= 11 is 0. The van der Waals surface area contributed by atoms with Gasteiger partial charge in [-0.2, -0.15) is 0 Å². The molecule has 1 aromatic heterocycles. The molecule has 2 aromatic rings. The van der Waals surface area contributed by atoms with Gasteiger partial charge >= 0.3 is 0 Å². The largest absolute Gasteiger partial charge is 0.383 e. The third-order valence-corrected chi connectivity index (χ3v) is 3.24. The predicted octanol–water partition coefficient (Wildman–Crippen LogP) is 2.73. The van der Waals surface area contributed by atoms with E-state index in [9.17, 15) is 4.39 Å². The number of nitrogen functional groups attached to an aromatic ring is 1. The van der Waals surface area contributed by atoms with Crippen LogP contribution in [0, 0.1) is 19.7 Å². The Labute approximate surface area is 112 Å². The maximum atomic E-state index is 13.5. The molecule has 19 heavy (non-hydrogen) atoms. The van der Waals surface area contributed by atoms with Crippen LogP contribution in [0.5, 0.6) is 0 Å². The van der Waals surface area contributed by atoms with Crippen LogP contribution in [0.2, 0.25) is 0 Å². The summed E-state index contributed by atoms with van der Waals surface area (Å²) in [6.07, 6.45) is 1.73. The fraction of sp³-hybridized carbons (Fsp3) is 0.267. The zero-order valence-corrected chi connectivity index (χ0v) is 11.4. The number of nitrogens with two attached hydrogens (primary N) is 1. The van der Waals surface area contributed by atoms with Crippen molar-refractivity contribution in [3.05, 3.63) is 58.5 Å². The van der Waals surface area contributed by atoms with Crippen LogP contribution in [0.4, 0.5) is 10.2 Å². The van der Waals surface area contributed by atoms with Crippen LogP contribution in [0.15, 0.2) is 30.5 Å². The molecule has 2 rings (SSSR count). The molecule has 0 radical (unpaired) electrons. The normalized spacial score (nSPS) is 12.4. The summed E-state index contributed by atoms with van der Waals surface area (Å²) in [6, 6.07) is 6.59. The molecule has 1 heterocycles. The molecular weight excluding hydrogens is 241 g/mol. The van der Waals surface area contributed by atoms with Gasteiger partial charge < -0.3 is 11.1 Å². The highest BCUT2D eigenvalue weighted by atomic mass is 19.1. The molecule has 0 bridgehead atoms. The number of hydrogen-bond donors (Lipinski definition) is 2. The Morgan fingerprint density at radius 1 is 1.21 bits per heavy atom. The van der Waals surface area contributed by atoms with Gasteiger partial charge in [0.2, 0.25) is 0 Å². The predicted molar refractivity (Wildman–Crippen MR) is 75.4 cm³/mol. The fourth-order valence-corrected chi connectivity index (χ4v) is 2.23. The van der Waals surface area contributed by atoms with Crippen LogP contribution in [0.1, 0.15) is 28.3 Å². The van der Waals surface area contributed by atoms with Crippen LogP contribution in [0.3, 0.4) is 0 Å². The number of aromatic nitrogens is 1. The van der Waals surface area contributed by atoms with E-state index >= 15 is 0 Å². The lowest BCUT2D eigenvalue weighted by Gasteiger charge is -2.21. The zero-order valence-electron chi connectivity index (χ0n) is 11.4. The van der Waals surface area contributed by atoms with Gasteiger partial charge in [0.05, 0.1) is 6.04 Å². The molecule has 1 aromatic carbocycles. The highest BCUT2D eigenvalue weighted by Gasteiger charge is 2.18. The number of nitrogens with one attached hydrogen (secondary N) is 1. The van der Waals surface area contributed by atoms with E-state index in [4.69, 9.17) is 5.73 Å². The summed E-state index contributed by atoms with van der Waals surface area (Å²) in [5.74, 6) is 0.216. The van der Waals surface area contributed by atoms with Crippen molar-refractivity contribution in [2.75, 3.05) is 12.8 Å². The zero-order chi connectivity index (χ0) is 14.0. The van der Waals surface area contributed by atoms with Crippen LogP contribution in [-0.4, -0.2) is 12.0 Å². The molecule has 0 aliphatic heterocycles. The molecule has 0 saturated heterocycles. The van der Waals surface area contributed by atoms with E-state index in [1.165, 1.54) is 12.1 Å². The van der Waals surface area contributed by atoms with E-state index in [0.29, 0.717) is 5.82 Å². The fourth-order valence-electron chi connectivity index (χ4n) is 2.23. The van der Waals surface area contributed by atoms with E-state index in [0.717, 1.165) is 22.3 Å². The second kappa shape index (κ2) is 5.36. The molecule has 4 heteroatoms. The molecular formula is C15H18FN3. The lowest BCUT2D eigenvalue weighted by Crippen LogP contribution is -2.20. The summed E-state index contributed by atoms with van der Waals surface area (Å²) in [6.45, 7) is 3.92. The van der Waals surface area contributed by atoms with E-state index in [1.54, 1.807) is 12.3 Å². The second-order valence-corrected chi connectivity index (χ2v) is 4.71. The number of rotatable bonds is 3. The summed E-state index contributed by atoms with van der Waals surface area (Å²) in [7, 11) is 1.83. The first-order valence-corrected chi connectivity index (χ1v) is 6.18. The summed E-state index contributed by atoms with van der Waals surface area (Å²) in [5, 5.41) is 3.18. The number of nitrogens with zero attached hydrogens (tertiary/aromatic N) is 1. The highest BCUT2D eigenvalue weighted by Crippen LogP contribution is 2.28. The summed E-state index contributed by atoms with van der Waals surface area (Å²) in [5.41, 5.74) is 9.74. The Morgan fingerprint density at radius 2 is 1.95 bits per heavy atom. The lowest BCUT2D eigenvalue weighted by molar-refractivity contribution is 0.615. The molecule has 3 nitrogen and oxygen atoms in total. The monoisotopic (exact) mass is 259 g/mol. The van der Waals surface area contributed by atoms with Gasteiger partial charge in [-0.25, -0.2) is 9.37 Å². The van der Waals surface area contributed by atoms with Gasteiger partial charge in [-0.1, -0.05) is 6.07 Å². The van der Waals surface area contributed by atoms with Crippen molar-refractivity contribution in [3.63, 3.8) is 0 Å². The smallest absolute Gasteiger partial charge is 0.128 e. The van der Waals surface area contributed by atoms with Crippen molar-refractivity contribution in [3.8, 4) is 0 Å². The molecule has 0 aliphatic carbocycles. The third kappa shape index (κ3) is 2.74. The average Bonchev–Trinajstić information content (AvgIpc) is 2.38. The van der Waals surface area contributed by atoms with Gasteiger partial charge in [-0.15, -0.1) is 0 Å². The molecule has 0 spiro atoms. The Balaban J connectivity index is 2.55. The van der Waals surface area contributed by atoms with Crippen molar-refractivity contribution in [2.24, 2.45) is 0 Å². The van der Waals surface area contributed by atoms with E-state index < -0.39 is 0 Å². The molecule has 3 N–H and O–H groups in total. The number of anilines is 1. The van der Waals surface area contributed by atoms with Crippen molar-refractivity contribution in [1.29, 1.82) is 0 Å². The number of benzene rings is 1. The van der Waals surface area contributed by atoms with Crippen molar-refractivity contribution >= 4 is 5.82 Å². The third-order valence-electron chi connectivity index (χ3n) is 3.24. The second-order valence-electron chi connectivity index (χ2n) is 4.71. The first-order valence-electron chi connectivity index (χ1n) is 6.18. The van der Waals surface area contributed by atoms with Gasteiger partial charge in [0.25, 0.3) is 0 Å². The molecule has 0 aliphatic rings. The molecule has 0 amide bonds. The minimum absolute atomic E-state index is 0.164. The average molecular weight is 259 g/mol. The van der Waals surface area contributed by atoms with Gasteiger partial charge in [-0.05, 0) is 55.8 Å². The lowest BCUT2D eigenvalue weighted by atomic mass is 9.94. The van der Waals surface area contributed by atoms with E-state index in [-0.39, 0.29) is 11.9 Å². The van der Waals surface area contributed by atoms with Crippen molar-refractivity contribution < 1.29 is 4.39 Å². The highest BCUT2D eigenvalue weighted by molar-refractivity contribution is 5.48. The van der Waals surface area contributed by atoms with Gasteiger partial charge in [-0.3, -0.25) is 0 Å². The number of hydrogen-bond acceptors (Lipinski definition) is 3. The summed E-state index contributed by atoms with van der Waals surface area (Å²) < 4.78 is 13.5. The van der Waals surface area contributed by atoms with Gasteiger partial charge in [0, 0.05) is 11.8 Å². The van der Waals surface area contributed by atoms with Crippen molar-refractivity contribution in [2.45, 2.75) is 19.9 Å². The number of aryl methyl sites for hydroxylation is 2. The Morgan fingerprint density at radius 3 is 2.63 bits per heavy atom. The molecule has 1 atom stereocenters. The van der Waals surface area contributed by atoms with E-state index in [2.05, 4.69) is 10.3 Å². The van der Waals surface area contributed by atoms with E-state index in [1.807, 2.05) is 27.0 Å². The SMILES string of the molecule is CNC(c1cc(F)ccc1C)c1cc(C)cnc1N. The van der Waals surface area contributed by atoms with Crippen LogP contribution in [0.25, 0.3) is 0 Å². The maximum absolute atomic E-state index is 13.5.